The van der Waals surface area contributed by atoms with Crippen LogP contribution in [0.4, 0.5) is 0 Å². The van der Waals surface area contributed by atoms with E-state index in [9.17, 15) is 14.4 Å². The topological polar surface area (TPSA) is 66.8 Å². The van der Waals surface area contributed by atoms with Crippen molar-refractivity contribution in [1.82, 2.24) is 0 Å². The summed E-state index contributed by atoms with van der Waals surface area (Å²) in [6.45, 7) is 0. The van der Waals surface area contributed by atoms with E-state index >= 15 is 0 Å². The van der Waals surface area contributed by atoms with Crippen LogP contribution in [0.15, 0.2) is 91.0 Å². The van der Waals surface area contributed by atoms with Crippen molar-refractivity contribution in [2.75, 3.05) is 0 Å². The maximum atomic E-state index is 11.9. The van der Waals surface area contributed by atoms with E-state index in [-0.39, 0.29) is 0 Å². The van der Waals surface area contributed by atoms with Crippen LogP contribution < -0.4 is 0 Å². The van der Waals surface area contributed by atoms with Gasteiger partial charge in [-0.3, -0.25) is 4.52 Å². The molecule has 0 unspecified atom stereocenters. The third-order valence-corrected chi connectivity index (χ3v) is 4.85. The third-order valence-electron chi connectivity index (χ3n) is 4.26. The van der Waals surface area contributed by atoms with Crippen molar-refractivity contribution in [3.8, 4) is 0 Å². The van der Waals surface area contributed by atoms with Crippen LogP contribution in [0, 0.1) is 0 Å². The second-order valence-electron chi connectivity index (χ2n) is 6.27. The molecular formula is C21H21O4P. The molecule has 5 heteroatoms. The monoisotopic (exact) mass is 368 g/mol. The molecule has 0 atom stereocenters. The first-order chi connectivity index (χ1) is 12.5. The molecule has 0 amide bonds. The molecule has 3 aromatic carbocycles. The summed E-state index contributed by atoms with van der Waals surface area (Å²) in [4.78, 5) is 19.3. The number of rotatable bonds is 7. The van der Waals surface area contributed by atoms with Crippen molar-refractivity contribution in [3.05, 3.63) is 108 Å². The quantitative estimate of drug-likeness (QED) is 0.604. The summed E-state index contributed by atoms with van der Waals surface area (Å²) in [7, 11) is -4.73. The van der Waals surface area contributed by atoms with Gasteiger partial charge in [0.2, 0.25) is 0 Å². The first kappa shape index (κ1) is 18.6. The number of hydrogen-bond donors (Lipinski definition) is 2. The summed E-state index contributed by atoms with van der Waals surface area (Å²) in [6.07, 6.45) is 0.690. The van der Waals surface area contributed by atoms with E-state index in [1.807, 2.05) is 91.0 Å². The largest absolute Gasteiger partial charge is 0.470 e. The first-order valence-electron chi connectivity index (χ1n) is 8.37. The van der Waals surface area contributed by atoms with E-state index in [0.717, 1.165) is 16.7 Å². The van der Waals surface area contributed by atoms with Crippen LogP contribution >= 0.6 is 7.82 Å². The number of hydrogen-bond acceptors (Lipinski definition) is 2. The zero-order valence-electron chi connectivity index (χ0n) is 14.2. The molecule has 3 aromatic rings. The molecule has 0 saturated carbocycles. The number of phosphoric acid groups is 1. The van der Waals surface area contributed by atoms with Gasteiger partial charge in [0.05, 0.1) is 0 Å². The van der Waals surface area contributed by atoms with Crippen LogP contribution in [-0.2, 0) is 27.5 Å². The Bertz CT molecular complexity index is 819. The molecule has 0 bridgehead atoms. The fourth-order valence-electron chi connectivity index (χ4n) is 3.20. The first-order valence-corrected chi connectivity index (χ1v) is 9.90. The van der Waals surface area contributed by atoms with Crippen molar-refractivity contribution in [2.24, 2.45) is 0 Å². The van der Waals surface area contributed by atoms with Crippen molar-refractivity contribution >= 4 is 7.82 Å². The molecule has 0 aliphatic carbocycles. The summed E-state index contributed by atoms with van der Waals surface area (Å²) < 4.78 is 17.4. The normalized spacial score (nSPS) is 12.1. The maximum Gasteiger partial charge on any atom is 0.470 e. The van der Waals surface area contributed by atoms with Gasteiger partial charge in [-0.2, -0.15) is 0 Å². The zero-order chi connectivity index (χ0) is 18.5. The highest BCUT2D eigenvalue weighted by atomic mass is 31.2. The van der Waals surface area contributed by atoms with E-state index in [0.29, 0.717) is 12.8 Å². The minimum atomic E-state index is -4.73. The van der Waals surface area contributed by atoms with Gasteiger partial charge in [0.1, 0.15) is 5.60 Å². The van der Waals surface area contributed by atoms with Crippen molar-refractivity contribution in [1.29, 1.82) is 0 Å². The molecule has 134 valence electrons. The average molecular weight is 368 g/mol. The molecule has 0 spiro atoms. The van der Waals surface area contributed by atoms with Crippen LogP contribution in [0.5, 0.6) is 0 Å². The highest BCUT2D eigenvalue weighted by Crippen LogP contribution is 2.48. The molecule has 0 aliphatic rings. The molecular weight excluding hydrogens is 347 g/mol. The van der Waals surface area contributed by atoms with Gasteiger partial charge in [0, 0.05) is 12.8 Å². The molecule has 3 rings (SSSR count). The molecule has 2 N–H and O–H groups in total. The highest BCUT2D eigenvalue weighted by Gasteiger charge is 2.40. The molecule has 26 heavy (non-hydrogen) atoms. The lowest BCUT2D eigenvalue weighted by Crippen LogP contribution is -2.34. The number of phosphoric ester groups is 1. The Kier molecular flexibility index (Phi) is 5.70. The summed E-state index contributed by atoms with van der Waals surface area (Å²) in [5.41, 5.74) is 1.45. The van der Waals surface area contributed by atoms with E-state index in [2.05, 4.69) is 0 Å². The average Bonchev–Trinajstić information content (AvgIpc) is 2.63. The predicted octanol–water partition coefficient (Wildman–Crippen LogP) is 4.48. The third kappa shape index (κ3) is 4.90. The molecule has 0 aliphatic heterocycles. The molecule has 0 radical (unpaired) electrons. The van der Waals surface area contributed by atoms with Gasteiger partial charge >= 0.3 is 7.82 Å². The van der Waals surface area contributed by atoms with E-state index < -0.39 is 13.4 Å². The van der Waals surface area contributed by atoms with Crippen molar-refractivity contribution < 1.29 is 18.9 Å². The Morgan fingerprint density at radius 1 is 0.692 bits per heavy atom. The van der Waals surface area contributed by atoms with Crippen LogP contribution in [0.2, 0.25) is 0 Å². The minimum Gasteiger partial charge on any atom is -0.303 e. The van der Waals surface area contributed by atoms with Gasteiger partial charge in [-0.05, 0) is 16.7 Å². The van der Waals surface area contributed by atoms with E-state index in [1.165, 1.54) is 0 Å². The van der Waals surface area contributed by atoms with Gasteiger partial charge in [0.25, 0.3) is 0 Å². The molecule has 4 nitrogen and oxygen atoms in total. The van der Waals surface area contributed by atoms with Gasteiger partial charge < -0.3 is 9.79 Å². The molecule has 0 fully saturated rings. The predicted molar refractivity (Wildman–Crippen MR) is 102 cm³/mol. The summed E-state index contributed by atoms with van der Waals surface area (Å²) in [5, 5.41) is 0. The Morgan fingerprint density at radius 3 is 1.46 bits per heavy atom. The summed E-state index contributed by atoms with van der Waals surface area (Å²) in [6, 6.07) is 28.5. The second kappa shape index (κ2) is 7.98. The van der Waals surface area contributed by atoms with Crippen molar-refractivity contribution in [2.45, 2.75) is 18.4 Å². The van der Waals surface area contributed by atoms with Gasteiger partial charge in [-0.1, -0.05) is 91.0 Å². The van der Waals surface area contributed by atoms with Gasteiger partial charge in [-0.25, -0.2) is 4.57 Å². The number of benzene rings is 3. The molecule has 0 aromatic heterocycles. The lowest BCUT2D eigenvalue weighted by molar-refractivity contribution is 0.0304. The minimum absolute atomic E-state index is 0.345. The Labute approximate surface area is 153 Å². The highest BCUT2D eigenvalue weighted by molar-refractivity contribution is 7.46. The zero-order valence-corrected chi connectivity index (χ0v) is 15.1. The second-order valence-corrected chi connectivity index (χ2v) is 7.43. The lowest BCUT2D eigenvalue weighted by Gasteiger charge is -2.35. The van der Waals surface area contributed by atoms with Gasteiger partial charge in [0.15, 0.2) is 0 Å². The van der Waals surface area contributed by atoms with Crippen LogP contribution in [0.3, 0.4) is 0 Å². The maximum absolute atomic E-state index is 11.9. The Morgan fingerprint density at radius 2 is 1.08 bits per heavy atom. The molecule has 0 heterocycles. The Hall–Kier alpha value is -2.23. The fraction of sp³-hybridized carbons (Fsp3) is 0.143. The van der Waals surface area contributed by atoms with E-state index in [4.69, 9.17) is 4.52 Å². The SMILES string of the molecule is O=P(O)(O)OC(Cc1ccccc1)(Cc1ccccc1)c1ccccc1. The van der Waals surface area contributed by atoms with Crippen LogP contribution in [0.25, 0.3) is 0 Å². The summed E-state index contributed by atoms with van der Waals surface area (Å²) in [5.74, 6) is 0. The fourth-order valence-corrected chi connectivity index (χ4v) is 3.89. The van der Waals surface area contributed by atoms with E-state index in [1.54, 1.807) is 0 Å². The van der Waals surface area contributed by atoms with Crippen LogP contribution in [-0.4, -0.2) is 9.79 Å². The summed E-state index contributed by atoms with van der Waals surface area (Å²) >= 11 is 0. The van der Waals surface area contributed by atoms with Crippen molar-refractivity contribution in [3.63, 3.8) is 0 Å². The smallest absolute Gasteiger partial charge is 0.303 e. The van der Waals surface area contributed by atoms with Gasteiger partial charge in [-0.15, -0.1) is 0 Å². The molecule has 0 saturated heterocycles. The lowest BCUT2D eigenvalue weighted by atomic mass is 9.82. The standard InChI is InChI=1S/C21H21O4P/c22-26(23,24)25-21(20-14-8-3-9-15-20,16-18-10-4-1-5-11-18)17-19-12-6-2-7-13-19/h1-15H,16-17H2,(H2,22,23,24). The Balaban J connectivity index is 2.11. The van der Waals surface area contributed by atoms with Crippen LogP contribution in [0.1, 0.15) is 16.7 Å².